The third kappa shape index (κ3) is 2.55. The molecule has 1 aliphatic rings. The number of ether oxygens (including phenoxy) is 1. The van der Waals surface area contributed by atoms with Gasteiger partial charge in [0.25, 0.3) is 0 Å². The van der Waals surface area contributed by atoms with Crippen molar-refractivity contribution in [3.63, 3.8) is 0 Å². The number of benzene rings is 1. The predicted octanol–water partition coefficient (Wildman–Crippen LogP) is 2.70. The van der Waals surface area contributed by atoms with E-state index in [2.05, 4.69) is 5.32 Å². The Morgan fingerprint density at radius 3 is 3.12 bits per heavy atom. The topological polar surface area (TPSA) is 38.3 Å². The summed E-state index contributed by atoms with van der Waals surface area (Å²) in [6.07, 6.45) is 3.06. The number of hydrogen-bond acceptors (Lipinski definition) is 2. The van der Waals surface area contributed by atoms with Crippen LogP contribution in [0.4, 0.5) is 5.69 Å². The fourth-order valence-electron chi connectivity index (χ4n) is 1.62. The molecule has 0 aliphatic carbocycles. The zero-order chi connectivity index (χ0) is 11.4. The Labute approximate surface area is 99.1 Å². The molecule has 0 radical (unpaired) electrons. The maximum atomic E-state index is 11.2. The lowest BCUT2D eigenvalue weighted by atomic mass is 10.0. The number of anilines is 1. The molecule has 0 unspecified atom stereocenters. The van der Waals surface area contributed by atoms with Crippen LogP contribution < -0.4 is 10.1 Å². The molecule has 1 aromatic carbocycles. The van der Waals surface area contributed by atoms with E-state index >= 15 is 0 Å². The molecule has 1 N–H and O–H groups in total. The Bertz CT molecular complexity index is 429. The maximum Gasteiger partial charge on any atom is 0.224 e. The fourth-order valence-corrected chi connectivity index (χ4v) is 1.69. The van der Waals surface area contributed by atoms with E-state index in [0.29, 0.717) is 13.0 Å². The van der Waals surface area contributed by atoms with Crippen molar-refractivity contribution >= 4 is 23.2 Å². The average molecular weight is 238 g/mol. The Kier molecular flexibility index (Phi) is 3.47. The van der Waals surface area contributed by atoms with Crippen molar-refractivity contribution in [1.82, 2.24) is 0 Å². The number of carbonyl (C=O) groups excluding carboxylic acids is 1. The van der Waals surface area contributed by atoms with E-state index in [1.165, 1.54) is 5.54 Å². The number of carbonyl (C=O) groups is 1. The molecule has 0 saturated heterocycles. The van der Waals surface area contributed by atoms with Crippen LogP contribution in [-0.4, -0.2) is 12.5 Å². The summed E-state index contributed by atoms with van der Waals surface area (Å²) in [5.74, 6) is 0.793. The highest BCUT2D eigenvalue weighted by molar-refractivity contribution is 6.25. The second-order valence-corrected chi connectivity index (χ2v) is 3.79. The molecule has 1 aromatic rings. The van der Waals surface area contributed by atoms with Gasteiger partial charge in [-0.15, -0.1) is 0 Å². The van der Waals surface area contributed by atoms with Crippen molar-refractivity contribution < 1.29 is 9.53 Å². The minimum Gasteiger partial charge on any atom is -0.489 e. The Morgan fingerprint density at radius 2 is 2.31 bits per heavy atom. The van der Waals surface area contributed by atoms with Gasteiger partial charge in [0, 0.05) is 23.7 Å². The lowest BCUT2D eigenvalue weighted by Gasteiger charge is -2.17. The van der Waals surface area contributed by atoms with Gasteiger partial charge >= 0.3 is 0 Å². The highest BCUT2D eigenvalue weighted by Gasteiger charge is 2.14. The molecule has 0 spiro atoms. The van der Waals surface area contributed by atoms with Crippen LogP contribution in [0.15, 0.2) is 29.8 Å². The van der Waals surface area contributed by atoms with Gasteiger partial charge in [-0.05, 0) is 24.1 Å². The molecule has 0 bridgehead atoms. The summed E-state index contributed by atoms with van der Waals surface area (Å²) in [7, 11) is 0. The lowest BCUT2D eigenvalue weighted by Crippen LogP contribution is -2.18. The monoisotopic (exact) mass is 237 g/mol. The number of aryl methyl sites for hydroxylation is 1. The van der Waals surface area contributed by atoms with Gasteiger partial charge in [0.05, 0.1) is 0 Å². The smallest absolute Gasteiger partial charge is 0.224 e. The summed E-state index contributed by atoms with van der Waals surface area (Å²) in [4.78, 5) is 11.2. The van der Waals surface area contributed by atoms with E-state index in [0.717, 1.165) is 23.4 Å². The van der Waals surface area contributed by atoms with Gasteiger partial charge in [0.1, 0.15) is 12.4 Å². The molecule has 3 nitrogen and oxygen atoms in total. The first-order chi connectivity index (χ1) is 7.79. The van der Waals surface area contributed by atoms with E-state index in [1.807, 2.05) is 18.2 Å². The van der Waals surface area contributed by atoms with Crippen LogP contribution in [0.3, 0.4) is 0 Å². The first-order valence-electron chi connectivity index (χ1n) is 5.10. The number of halogens is 1. The van der Waals surface area contributed by atoms with Gasteiger partial charge in [0.15, 0.2) is 0 Å². The maximum absolute atomic E-state index is 11.2. The minimum absolute atomic E-state index is 0.0605. The molecule has 4 heteroatoms. The Hall–Kier alpha value is -1.48. The van der Waals surface area contributed by atoms with Gasteiger partial charge in [-0.3, -0.25) is 4.79 Å². The van der Waals surface area contributed by atoms with E-state index in [-0.39, 0.29) is 5.91 Å². The molecular formula is C12H12ClNO2. The van der Waals surface area contributed by atoms with Crippen LogP contribution in [0.25, 0.3) is 0 Å². The molecule has 0 saturated carbocycles. The Balaban J connectivity index is 2.11. The Morgan fingerprint density at radius 1 is 1.44 bits per heavy atom. The summed E-state index contributed by atoms with van der Waals surface area (Å²) in [5, 5.41) is 2.83. The van der Waals surface area contributed by atoms with Crippen LogP contribution in [0.2, 0.25) is 0 Å². The third-order valence-electron chi connectivity index (χ3n) is 2.41. The van der Waals surface area contributed by atoms with Crippen molar-refractivity contribution in [3.8, 4) is 5.75 Å². The summed E-state index contributed by atoms with van der Waals surface area (Å²) in [5.41, 5.74) is 3.42. The average Bonchev–Trinajstić information content (AvgIpc) is 2.29. The molecule has 0 atom stereocenters. The van der Waals surface area contributed by atoms with Gasteiger partial charge in [-0.1, -0.05) is 17.7 Å². The van der Waals surface area contributed by atoms with E-state index < -0.39 is 0 Å². The van der Waals surface area contributed by atoms with Gasteiger partial charge < -0.3 is 10.1 Å². The molecule has 1 heterocycles. The highest BCUT2D eigenvalue weighted by atomic mass is 35.5. The van der Waals surface area contributed by atoms with Crippen molar-refractivity contribution in [3.05, 3.63) is 35.4 Å². The van der Waals surface area contributed by atoms with Crippen molar-refractivity contribution in [1.29, 1.82) is 0 Å². The van der Waals surface area contributed by atoms with Crippen molar-refractivity contribution in [2.45, 2.75) is 12.8 Å². The van der Waals surface area contributed by atoms with E-state index in [4.69, 9.17) is 16.3 Å². The first kappa shape index (κ1) is 11.0. The summed E-state index contributed by atoms with van der Waals surface area (Å²) in [6.45, 7) is 0.427. The summed E-state index contributed by atoms with van der Waals surface area (Å²) < 4.78 is 5.43. The largest absolute Gasteiger partial charge is 0.489 e. The zero-order valence-electron chi connectivity index (χ0n) is 8.70. The fraction of sp³-hybridized carbons (Fsp3) is 0.250. The third-order valence-corrected chi connectivity index (χ3v) is 2.59. The van der Waals surface area contributed by atoms with Gasteiger partial charge in [0.2, 0.25) is 5.91 Å². The number of nitrogens with one attached hydrogen (secondary N) is 1. The number of rotatable bonds is 3. The predicted molar refractivity (Wildman–Crippen MR) is 63.9 cm³/mol. The van der Waals surface area contributed by atoms with Crippen LogP contribution in [-0.2, 0) is 11.2 Å². The molecule has 0 aromatic heterocycles. The molecule has 16 heavy (non-hydrogen) atoms. The second-order valence-electron chi connectivity index (χ2n) is 3.54. The number of hydrogen-bond donors (Lipinski definition) is 1. The van der Waals surface area contributed by atoms with E-state index in [1.54, 1.807) is 6.08 Å². The standard InChI is InChI=1S/C12H12ClNO2/c13-6-1-7-16-10-4-2-9-3-5-12(15)14-11(9)8-10/h1-2,4,6,8H,3,5,7H2,(H,14,15)/b6-1+. The number of fused-ring (bicyclic) bond motifs is 1. The number of amides is 1. The molecule has 2 rings (SSSR count). The molecule has 1 aliphatic heterocycles. The van der Waals surface area contributed by atoms with Crippen LogP contribution in [0.1, 0.15) is 12.0 Å². The molecular weight excluding hydrogens is 226 g/mol. The highest BCUT2D eigenvalue weighted by Crippen LogP contribution is 2.26. The zero-order valence-corrected chi connectivity index (χ0v) is 9.46. The minimum atomic E-state index is 0.0605. The molecule has 0 fully saturated rings. The quantitative estimate of drug-likeness (QED) is 0.878. The van der Waals surface area contributed by atoms with Crippen molar-refractivity contribution in [2.75, 3.05) is 11.9 Å². The van der Waals surface area contributed by atoms with Crippen LogP contribution >= 0.6 is 11.6 Å². The van der Waals surface area contributed by atoms with Gasteiger partial charge in [-0.2, -0.15) is 0 Å². The molecule has 1 amide bonds. The first-order valence-corrected chi connectivity index (χ1v) is 5.54. The SMILES string of the molecule is O=C1CCc2ccc(OC/C=C/Cl)cc2N1. The van der Waals surface area contributed by atoms with Crippen molar-refractivity contribution in [2.24, 2.45) is 0 Å². The van der Waals surface area contributed by atoms with Crippen LogP contribution in [0, 0.1) is 0 Å². The lowest BCUT2D eigenvalue weighted by molar-refractivity contribution is -0.116. The summed E-state index contributed by atoms with van der Waals surface area (Å²) in [6, 6.07) is 5.72. The summed E-state index contributed by atoms with van der Waals surface area (Å²) >= 11 is 5.38. The second kappa shape index (κ2) is 5.03. The van der Waals surface area contributed by atoms with Crippen LogP contribution in [0.5, 0.6) is 5.75 Å². The normalized spacial score (nSPS) is 14.7. The molecule has 84 valence electrons. The van der Waals surface area contributed by atoms with E-state index in [9.17, 15) is 4.79 Å². The van der Waals surface area contributed by atoms with Gasteiger partial charge in [-0.25, -0.2) is 0 Å².